The summed E-state index contributed by atoms with van der Waals surface area (Å²) in [6, 6.07) is 6.72. The topological polar surface area (TPSA) is 123 Å². The molecule has 2 amide bonds. The number of anilines is 2. The molecule has 3 aliphatic rings. The van der Waals surface area contributed by atoms with Crippen LogP contribution in [0.1, 0.15) is 12.8 Å². The fourth-order valence-corrected chi connectivity index (χ4v) is 6.22. The number of nitrogens with one attached hydrogen (secondary N) is 2. The molecular formula is C21H20ClN3O7S. The first-order chi connectivity index (χ1) is 15.8. The van der Waals surface area contributed by atoms with Crippen LogP contribution < -0.4 is 24.8 Å². The van der Waals surface area contributed by atoms with E-state index in [2.05, 4.69) is 10.6 Å². The lowest BCUT2D eigenvalue weighted by Gasteiger charge is -2.25. The second-order valence-corrected chi connectivity index (χ2v) is 10.0. The first-order valence-electron chi connectivity index (χ1n) is 10.3. The van der Waals surface area contributed by atoms with Gasteiger partial charge in [-0.15, -0.1) is 0 Å². The fraction of sp³-hybridized carbons (Fsp3) is 0.333. The van der Waals surface area contributed by atoms with Crippen LogP contribution in [0.15, 0.2) is 35.2 Å². The summed E-state index contributed by atoms with van der Waals surface area (Å²) >= 11 is 6.26. The maximum Gasteiger partial charge on any atom is 0.262 e. The van der Waals surface area contributed by atoms with Gasteiger partial charge in [-0.05, 0) is 31.0 Å². The Kier molecular flexibility index (Phi) is 5.55. The van der Waals surface area contributed by atoms with Gasteiger partial charge in [0, 0.05) is 24.4 Å². The molecule has 174 valence electrons. The van der Waals surface area contributed by atoms with Gasteiger partial charge in [-0.25, -0.2) is 8.42 Å². The van der Waals surface area contributed by atoms with E-state index in [1.54, 1.807) is 18.2 Å². The Morgan fingerprint density at radius 2 is 1.88 bits per heavy atom. The summed E-state index contributed by atoms with van der Waals surface area (Å²) in [5, 5.41) is 5.28. The van der Waals surface area contributed by atoms with Crippen molar-refractivity contribution >= 4 is 44.8 Å². The molecule has 0 radical (unpaired) electrons. The quantitative estimate of drug-likeness (QED) is 0.669. The number of halogens is 1. The molecule has 0 aromatic heterocycles. The maximum absolute atomic E-state index is 13.4. The minimum Gasteiger partial charge on any atom is -0.486 e. The summed E-state index contributed by atoms with van der Waals surface area (Å²) in [7, 11) is -4.11. The van der Waals surface area contributed by atoms with Crippen molar-refractivity contribution in [2.75, 3.05) is 37.0 Å². The van der Waals surface area contributed by atoms with Crippen LogP contribution in [0.5, 0.6) is 17.2 Å². The Labute approximate surface area is 194 Å². The largest absolute Gasteiger partial charge is 0.486 e. The number of rotatable bonds is 4. The molecule has 2 aromatic carbocycles. The summed E-state index contributed by atoms with van der Waals surface area (Å²) in [5.74, 6) is 0.497. The van der Waals surface area contributed by atoms with Crippen LogP contribution >= 0.6 is 11.6 Å². The highest BCUT2D eigenvalue weighted by Gasteiger charge is 2.41. The second kappa shape index (κ2) is 8.40. The van der Waals surface area contributed by atoms with Crippen molar-refractivity contribution in [1.29, 1.82) is 0 Å². The molecule has 0 aliphatic carbocycles. The lowest BCUT2D eigenvalue weighted by molar-refractivity contribution is -0.119. The molecule has 1 unspecified atom stereocenters. The predicted octanol–water partition coefficient (Wildman–Crippen LogP) is 2.23. The zero-order valence-electron chi connectivity index (χ0n) is 17.3. The molecule has 0 saturated carbocycles. The van der Waals surface area contributed by atoms with Gasteiger partial charge in [0.1, 0.15) is 29.9 Å². The predicted molar refractivity (Wildman–Crippen MR) is 119 cm³/mol. The van der Waals surface area contributed by atoms with Gasteiger partial charge in [0.2, 0.25) is 15.9 Å². The highest BCUT2D eigenvalue weighted by Crippen LogP contribution is 2.39. The van der Waals surface area contributed by atoms with Crippen molar-refractivity contribution in [2.45, 2.75) is 23.8 Å². The van der Waals surface area contributed by atoms with Crippen molar-refractivity contribution < 1.29 is 32.2 Å². The van der Waals surface area contributed by atoms with Gasteiger partial charge in [-0.3, -0.25) is 9.59 Å². The second-order valence-electron chi connectivity index (χ2n) is 7.74. The van der Waals surface area contributed by atoms with Crippen LogP contribution in [0.25, 0.3) is 0 Å². The highest BCUT2D eigenvalue weighted by molar-refractivity contribution is 7.89. The lowest BCUT2D eigenvalue weighted by atomic mass is 10.2. The third-order valence-electron chi connectivity index (χ3n) is 5.57. The van der Waals surface area contributed by atoms with Crippen LogP contribution in [0, 0.1) is 0 Å². The van der Waals surface area contributed by atoms with Gasteiger partial charge in [-0.2, -0.15) is 4.31 Å². The number of nitrogens with zero attached hydrogens (tertiary/aromatic N) is 1. The van der Waals surface area contributed by atoms with Gasteiger partial charge in [0.25, 0.3) is 5.91 Å². The molecule has 10 nitrogen and oxygen atoms in total. The Hall–Kier alpha value is -3.02. The van der Waals surface area contributed by atoms with Crippen LogP contribution in [0.4, 0.5) is 11.4 Å². The molecule has 33 heavy (non-hydrogen) atoms. The monoisotopic (exact) mass is 493 g/mol. The standard InChI is InChI=1S/C21H20ClN3O7S/c22-13-9-14-17(32-11-20(26)24-14)10-19(13)33(28,29)25-5-1-2-15(25)21(27)23-12-3-4-16-18(8-12)31-7-6-30-16/h3-4,8-10,15H,1-2,5-7,11H2,(H,23,27)(H,24,26). The third-order valence-corrected chi connectivity index (χ3v) is 7.94. The minimum atomic E-state index is -4.11. The van der Waals surface area contributed by atoms with E-state index < -0.39 is 22.0 Å². The number of hydrogen-bond donors (Lipinski definition) is 2. The number of hydrogen-bond acceptors (Lipinski definition) is 7. The van der Waals surface area contributed by atoms with Gasteiger partial charge >= 0.3 is 0 Å². The van der Waals surface area contributed by atoms with Gasteiger partial charge < -0.3 is 24.8 Å². The normalized spacial score (nSPS) is 19.9. The van der Waals surface area contributed by atoms with E-state index in [0.717, 1.165) is 4.31 Å². The maximum atomic E-state index is 13.4. The van der Waals surface area contributed by atoms with E-state index in [0.29, 0.717) is 48.9 Å². The number of benzene rings is 2. The molecule has 2 aromatic rings. The molecular weight excluding hydrogens is 474 g/mol. The Bertz CT molecular complexity index is 1250. The molecule has 1 atom stereocenters. The number of sulfonamides is 1. The van der Waals surface area contributed by atoms with Gasteiger partial charge in [-0.1, -0.05) is 11.6 Å². The zero-order chi connectivity index (χ0) is 23.2. The molecule has 3 heterocycles. The molecule has 1 saturated heterocycles. The average Bonchev–Trinajstić information content (AvgIpc) is 3.29. The molecule has 0 bridgehead atoms. The molecule has 2 N–H and O–H groups in total. The fourth-order valence-electron chi connectivity index (χ4n) is 4.04. The molecule has 3 aliphatic heterocycles. The van der Waals surface area contributed by atoms with Crippen molar-refractivity contribution in [1.82, 2.24) is 4.31 Å². The number of ether oxygens (including phenoxy) is 3. The number of carbonyl (C=O) groups excluding carboxylic acids is 2. The lowest BCUT2D eigenvalue weighted by Crippen LogP contribution is -2.43. The Balaban J connectivity index is 1.39. The summed E-state index contributed by atoms with van der Waals surface area (Å²) < 4.78 is 44.4. The summed E-state index contributed by atoms with van der Waals surface area (Å²) in [6.07, 6.45) is 0.887. The zero-order valence-corrected chi connectivity index (χ0v) is 18.9. The smallest absolute Gasteiger partial charge is 0.262 e. The van der Waals surface area contributed by atoms with E-state index in [4.69, 9.17) is 25.8 Å². The summed E-state index contributed by atoms with van der Waals surface area (Å²) in [5.41, 5.74) is 0.772. The van der Waals surface area contributed by atoms with Crippen molar-refractivity contribution in [3.8, 4) is 17.2 Å². The first kappa shape index (κ1) is 21.8. The van der Waals surface area contributed by atoms with E-state index >= 15 is 0 Å². The van der Waals surface area contributed by atoms with Crippen LogP contribution in [0.2, 0.25) is 5.02 Å². The minimum absolute atomic E-state index is 0.0718. The number of amides is 2. The van der Waals surface area contributed by atoms with Crippen LogP contribution in [-0.2, 0) is 19.6 Å². The number of fused-ring (bicyclic) bond motifs is 2. The van der Waals surface area contributed by atoms with Gasteiger partial charge in [0.15, 0.2) is 18.1 Å². The van der Waals surface area contributed by atoms with E-state index in [-0.39, 0.29) is 34.7 Å². The molecule has 5 rings (SSSR count). The first-order valence-corrected chi connectivity index (χ1v) is 12.1. The van der Waals surface area contributed by atoms with Gasteiger partial charge in [0.05, 0.1) is 10.7 Å². The van der Waals surface area contributed by atoms with Crippen LogP contribution in [0.3, 0.4) is 0 Å². The van der Waals surface area contributed by atoms with Crippen molar-refractivity contribution in [3.63, 3.8) is 0 Å². The SMILES string of the molecule is O=C1COc2cc(S(=O)(=O)N3CCCC3C(=O)Nc3ccc4c(c3)OCCO4)c(Cl)cc2N1. The molecule has 0 spiro atoms. The third kappa shape index (κ3) is 4.07. The summed E-state index contributed by atoms with van der Waals surface area (Å²) in [6.45, 7) is 0.815. The Morgan fingerprint density at radius 3 is 2.70 bits per heavy atom. The summed E-state index contributed by atoms with van der Waals surface area (Å²) in [4.78, 5) is 24.4. The van der Waals surface area contributed by atoms with E-state index in [1.807, 2.05) is 0 Å². The number of carbonyl (C=O) groups is 2. The molecule has 1 fully saturated rings. The highest BCUT2D eigenvalue weighted by atomic mass is 35.5. The average molecular weight is 494 g/mol. The van der Waals surface area contributed by atoms with Crippen molar-refractivity contribution in [2.24, 2.45) is 0 Å². The molecule has 12 heteroatoms. The van der Waals surface area contributed by atoms with Crippen LogP contribution in [-0.4, -0.2) is 56.9 Å². The van der Waals surface area contributed by atoms with Crippen molar-refractivity contribution in [3.05, 3.63) is 35.4 Å². The van der Waals surface area contributed by atoms with E-state index in [9.17, 15) is 18.0 Å². The van der Waals surface area contributed by atoms with E-state index in [1.165, 1.54) is 12.1 Å². The Morgan fingerprint density at radius 1 is 1.09 bits per heavy atom.